The van der Waals surface area contributed by atoms with Gasteiger partial charge in [-0.1, -0.05) is 44.2 Å². The molecule has 1 amide bonds. The van der Waals surface area contributed by atoms with Crippen LogP contribution in [0.4, 0.5) is 10.2 Å². The summed E-state index contributed by atoms with van der Waals surface area (Å²) in [5.41, 5.74) is 0.564. The molecule has 4 rings (SSSR count). The number of hydrogen-bond donors (Lipinski definition) is 0. The summed E-state index contributed by atoms with van der Waals surface area (Å²) < 4.78 is 16.3. The van der Waals surface area contributed by atoms with Crippen LogP contribution in [0.25, 0.3) is 22.3 Å². The zero-order valence-corrected chi connectivity index (χ0v) is 20.9. The summed E-state index contributed by atoms with van der Waals surface area (Å²) in [4.78, 5) is 38.5. The lowest BCUT2D eigenvalue weighted by atomic mass is 10.1. The summed E-state index contributed by atoms with van der Waals surface area (Å²) in [5.74, 6) is -0.0961. The minimum Gasteiger partial charge on any atom is -0.350 e. The molecule has 3 aromatic rings. The molecule has 35 heavy (non-hydrogen) atoms. The maximum Gasteiger partial charge on any atom is 0.351 e. The number of carbonyl (C=O) groups excluding carboxylic acids is 1. The Morgan fingerprint density at radius 2 is 1.97 bits per heavy atom. The first kappa shape index (κ1) is 24.9. The van der Waals surface area contributed by atoms with Crippen LogP contribution in [0.15, 0.2) is 47.8 Å². The zero-order chi connectivity index (χ0) is 25.3. The number of fused-ring (bicyclic) bond motifs is 1. The number of pyridine rings is 1. The van der Waals surface area contributed by atoms with E-state index in [2.05, 4.69) is 11.6 Å². The van der Waals surface area contributed by atoms with Crippen molar-refractivity contribution in [3.63, 3.8) is 0 Å². The van der Waals surface area contributed by atoms with E-state index in [1.165, 1.54) is 12.1 Å². The number of anilines is 1. The molecule has 0 bridgehead atoms. The SMILES string of the molecule is C=CC(=O)N1CCN(c2nc(=O)n(C(CC)CC)c3nc(-c4ccccc4F)c(Cl)cc23)[C@@H](C)C1. The predicted molar refractivity (Wildman–Crippen MR) is 137 cm³/mol. The number of rotatable bonds is 6. The van der Waals surface area contributed by atoms with Gasteiger partial charge < -0.3 is 9.80 Å². The molecule has 1 aromatic carbocycles. The first-order chi connectivity index (χ1) is 16.8. The summed E-state index contributed by atoms with van der Waals surface area (Å²) in [6.45, 7) is 11.0. The summed E-state index contributed by atoms with van der Waals surface area (Å²) in [6, 6.07) is 7.81. The maximum absolute atomic E-state index is 14.7. The average molecular weight is 498 g/mol. The van der Waals surface area contributed by atoms with Crippen LogP contribution in [0, 0.1) is 5.82 Å². The molecular formula is C26H29ClFN5O2. The fourth-order valence-electron chi connectivity index (χ4n) is 4.77. The van der Waals surface area contributed by atoms with Crippen molar-refractivity contribution in [3.05, 3.63) is 64.3 Å². The van der Waals surface area contributed by atoms with Crippen LogP contribution in [-0.2, 0) is 4.79 Å². The smallest absolute Gasteiger partial charge is 0.350 e. The van der Waals surface area contributed by atoms with Gasteiger partial charge in [-0.15, -0.1) is 0 Å². The molecule has 3 heterocycles. The number of benzene rings is 1. The van der Waals surface area contributed by atoms with Gasteiger partial charge in [0.15, 0.2) is 0 Å². The van der Waals surface area contributed by atoms with E-state index in [4.69, 9.17) is 16.6 Å². The Morgan fingerprint density at radius 3 is 2.60 bits per heavy atom. The van der Waals surface area contributed by atoms with Gasteiger partial charge in [-0.05, 0) is 44.0 Å². The minimum absolute atomic E-state index is 0.100. The number of carbonyl (C=O) groups is 1. The molecule has 0 radical (unpaired) electrons. The van der Waals surface area contributed by atoms with Crippen molar-refractivity contribution in [3.8, 4) is 11.3 Å². The number of piperazine rings is 1. The second-order valence-corrected chi connectivity index (χ2v) is 9.17. The molecule has 1 aliphatic rings. The quantitative estimate of drug-likeness (QED) is 0.456. The van der Waals surface area contributed by atoms with Crippen LogP contribution in [0.2, 0.25) is 5.02 Å². The number of nitrogens with zero attached hydrogens (tertiary/aromatic N) is 5. The van der Waals surface area contributed by atoms with E-state index in [0.717, 1.165) is 0 Å². The van der Waals surface area contributed by atoms with Gasteiger partial charge in [0.2, 0.25) is 5.91 Å². The molecule has 7 nitrogen and oxygen atoms in total. The molecule has 1 aliphatic heterocycles. The number of amides is 1. The molecule has 0 unspecified atom stereocenters. The Morgan fingerprint density at radius 1 is 1.26 bits per heavy atom. The van der Waals surface area contributed by atoms with Gasteiger partial charge in [0.1, 0.15) is 17.3 Å². The van der Waals surface area contributed by atoms with E-state index < -0.39 is 11.5 Å². The highest BCUT2D eigenvalue weighted by atomic mass is 35.5. The van der Waals surface area contributed by atoms with Crippen LogP contribution >= 0.6 is 11.6 Å². The second-order valence-electron chi connectivity index (χ2n) is 8.76. The Hall–Kier alpha value is -3.26. The van der Waals surface area contributed by atoms with Crippen molar-refractivity contribution in [2.24, 2.45) is 0 Å². The molecule has 1 fully saturated rings. The summed E-state index contributed by atoms with van der Waals surface area (Å²) in [6.07, 6.45) is 2.73. The van der Waals surface area contributed by atoms with Crippen LogP contribution in [-0.4, -0.2) is 51.0 Å². The first-order valence-electron chi connectivity index (χ1n) is 11.9. The fraction of sp³-hybridized carbons (Fsp3) is 0.385. The lowest BCUT2D eigenvalue weighted by Gasteiger charge is -2.40. The molecule has 9 heteroatoms. The topological polar surface area (TPSA) is 71.3 Å². The molecule has 1 saturated heterocycles. The number of halogens is 2. The van der Waals surface area contributed by atoms with Gasteiger partial charge in [-0.2, -0.15) is 4.98 Å². The molecule has 1 atom stereocenters. The fourth-order valence-corrected chi connectivity index (χ4v) is 5.02. The van der Waals surface area contributed by atoms with Gasteiger partial charge in [-0.25, -0.2) is 14.2 Å². The van der Waals surface area contributed by atoms with Gasteiger partial charge in [0.25, 0.3) is 0 Å². The minimum atomic E-state index is -0.441. The van der Waals surface area contributed by atoms with Crippen LogP contribution in [0.3, 0.4) is 0 Å². The van der Waals surface area contributed by atoms with Gasteiger partial charge in [0.05, 0.1) is 16.1 Å². The molecule has 184 valence electrons. The maximum atomic E-state index is 14.7. The van der Waals surface area contributed by atoms with Crippen molar-refractivity contribution in [1.29, 1.82) is 0 Å². The van der Waals surface area contributed by atoms with Crippen molar-refractivity contribution < 1.29 is 9.18 Å². The Labute approximate surface area is 208 Å². The largest absolute Gasteiger partial charge is 0.351 e. The van der Waals surface area contributed by atoms with Crippen molar-refractivity contribution in [2.75, 3.05) is 24.5 Å². The van der Waals surface area contributed by atoms with Crippen LogP contribution < -0.4 is 10.6 Å². The summed E-state index contributed by atoms with van der Waals surface area (Å²) in [7, 11) is 0. The number of aromatic nitrogens is 3. The van der Waals surface area contributed by atoms with Crippen molar-refractivity contribution in [2.45, 2.75) is 45.7 Å². The second kappa shape index (κ2) is 10.2. The Balaban J connectivity index is 1.94. The van der Waals surface area contributed by atoms with Crippen molar-refractivity contribution in [1.82, 2.24) is 19.4 Å². The standard InChI is InChI=1S/C26H29ClFN5O2/c1-5-17(6-2)33-25-19(14-20(27)23(29-25)18-10-8-9-11-21(18)28)24(30-26(33)35)32-13-12-31(15-16(32)4)22(34)7-3/h7-11,14,16-17H,3,5-6,12-13,15H2,1-2,4H3/t16-/m0/s1. The third kappa shape index (κ3) is 4.55. The van der Waals surface area contributed by atoms with Gasteiger partial charge in [0, 0.05) is 37.3 Å². The third-order valence-electron chi connectivity index (χ3n) is 6.66. The third-order valence-corrected chi connectivity index (χ3v) is 6.94. The highest BCUT2D eigenvalue weighted by Gasteiger charge is 2.30. The van der Waals surface area contributed by atoms with E-state index in [0.29, 0.717) is 49.3 Å². The summed E-state index contributed by atoms with van der Waals surface area (Å²) in [5, 5.41) is 0.894. The Bertz CT molecular complexity index is 1340. The molecule has 2 aromatic heterocycles. The lowest BCUT2D eigenvalue weighted by Crippen LogP contribution is -2.54. The predicted octanol–water partition coefficient (Wildman–Crippen LogP) is 4.84. The zero-order valence-electron chi connectivity index (χ0n) is 20.2. The normalized spacial score (nSPS) is 16.2. The lowest BCUT2D eigenvalue weighted by molar-refractivity contribution is -0.126. The monoisotopic (exact) mass is 497 g/mol. The van der Waals surface area contributed by atoms with Gasteiger partial charge >= 0.3 is 5.69 Å². The highest BCUT2D eigenvalue weighted by molar-refractivity contribution is 6.33. The first-order valence-corrected chi connectivity index (χ1v) is 12.2. The molecule has 0 N–H and O–H groups in total. The molecule has 0 aliphatic carbocycles. The van der Waals surface area contributed by atoms with E-state index in [1.807, 2.05) is 25.7 Å². The summed E-state index contributed by atoms with van der Waals surface area (Å²) >= 11 is 6.65. The average Bonchev–Trinajstić information content (AvgIpc) is 2.85. The molecule has 0 saturated carbocycles. The molecular weight excluding hydrogens is 469 g/mol. The van der Waals surface area contributed by atoms with Crippen LogP contribution in [0.1, 0.15) is 39.7 Å². The highest BCUT2D eigenvalue weighted by Crippen LogP contribution is 2.35. The Kier molecular flexibility index (Phi) is 7.21. The van der Waals surface area contributed by atoms with Gasteiger partial charge in [-0.3, -0.25) is 9.36 Å². The van der Waals surface area contributed by atoms with E-state index in [1.54, 1.807) is 33.7 Å². The number of hydrogen-bond acceptors (Lipinski definition) is 5. The van der Waals surface area contributed by atoms with Crippen molar-refractivity contribution >= 4 is 34.4 Å². The molecule has 0 spiro atoms. The van der Waals surface area contributed by atoms with E-state index in [9.17, 15) is 14.0 Å². The van der Waals surface area contributed by atoms with E-state index >= 15 is 0 Å². The van der Waals surface area contributed by atoms with E-state index in [-0.39, 0.29) is 34.3 Å². The van der Waals surface area contributed by atoms with Crippen LogP contribution in [0.5, 0.6) is 0 Å².